The summed E-state index contributed by atoms with van der Waals surface area (Å²) in [5.41, 5.74) is 1.48. The van der Waals surface area contributed by atoms with E-state index in [0.29, 0.717) is 11.6 Å². The van der Waals surface area contributed by atoms with E-state index in [4.69, 9.17) is 10.00 Å². The number of hydrogen-bond acceptors (Lipinski definition) is 4. The summed E-state index contributed by atoms with van der Waals surface area (Å²) in [5, 5.41) is 11.9. The van der Waals surface area contributed by atoms with Crippen LogP contribution in [-0.4, -0.2) is 18.6 Å². The van der Waals surface area contributed by atoms with E-state index in [1.807, 2.05) is 12.1 Å². The number of carbonyl (C=O) groups excluding carboxylic acids is 1. The van der Waals surface area contributed by atoms with Crippen LogP contribution in [0.3, 0.4) is 0 Å². The van der Waals surface area contributed by atoms with Crippen molar-refractivity contribution in [1.82, 2.24) is 0 Å². The molecule has 0 aliphatic carbocycles. The molecule has 1 unspecified atom stereocenters. The minimum atomic E-state index is -0.456. The topological polar surface area (TPSA) is 62.1 Å². The zero-order valence-corrected chi connectivity index (χ0v) is 18.5. The van der Waals surface area contributed by atoms with Gasteiger partial charge >= 0.3 is 5.97 Å². The number of hydrogen-bond donors (Lipinski definition) is 1. The van der Waals surface area contributed by atoms with Gasteiger partial charge in [0.2, 0.25) is 0 Å². The predicted octanol–water partition coefficient (Wildman–Crippen LogP) is 7.26. The highest BCUT2D eigenvalue weighted by Gasteiger charge is 2.07. The molecule has 0 fully saturated rings. The van der Waals surface area contributed by atoms with Gasteiger partial charge in [0.05, 0.1) is 5.56 Å². The SMILES string of the molecule is CCCCCCCCCCCCCCC(C)Nc1ccc(C(=O)OCC#N)cc1. The summed E-state index contributed by atoms with van der Waals surface area (Å²) in [5.74, 6) is -0.456. The lowest BCUT2D eigenvalue weighted by Crippen LogP contribution is -2.15. The first-order valence-electron chi connectivity index (χ1n) is 11.6. The number of nitrogens with zero attached hydrogens (tertiary/aromatic N) is 1. The second kappa shape index (κ2) is 16.9. The van der Waals surface area contributed by atoms with Crippen LogP contribution in [0.25, 0.3) is 0 Å². The maximum absolute atomic E-state index is 11.7. The molecular formula is C25H40N2O2. The number of esters is 1. The molecule has 1 aromatic rings. The highest BCUT2D eigenvalue weighted by molar-refractivity contribution is 5.89. The van der Waals surface area contributed by atoms with Crippen molar-refractivity contribution >= 4 is 11.7 Å². The number of carbonyl (C=O) groups is 1. The first-order chi connectivity index (χ1) is 14.2. The van der Waals surface area contributed by atoms with Crippen molar-refractivity contribution in [1.29, 1.82) is 5.26 Å². The fourth-order valence-electron chi connectivity index (χ4n) is 3.53. The van der Waals surface area contributed by atoms with Crippen molar-refractivity contribution in [3.63, 3.8) is 0 Å². The molecule has 4 nitrogen and oxygen atoms in total. The Morgan fingerprint density at radius 2 is 1.45 bits per heavy atom. The van der Waals surface area contributed by atoms with Crippen LogP contribution in [0.2, 0.25) is 0 Å². The fraction of sp³-hybridized carbons (Fsp3) is 0.680. The lowest BCUT2D eigenvalue weighted by Gasteiger charge is -2.15. The molecule has 0 aromatic heterocycles. The van der Waals surface area contributed by atoms with Crippen molar-refractivity contribution in [3.05, 3.63) is 29.8 Å². The Balaban J connectivity index is 2.03. The first-order valence-corrected chi connectivity index (χ1v) is 11.6. The van der Waals surface area contributed by atoms with Crippen molar-refractivity contribution in [2.24, 2.45) is 0 Å². The molecule has 1 N–H and O–H groups in total. The van der Waals surface area contributed by atoms with Crippen LogP contribution in [0, 0.1) is 11.3 Å². The molecule has 0 heterocycles. The third-order valence-electron chi connectivity index (χ3n) is 5.29. The van der Waals surface area contributed by atoms with Gasteiger partial charge in [-0.15, -0.1) is 0 Å². The number of nitriles is 1. The number of anilines is 1. The van der Waals surface area contributed by atoms with Gasteiger partial charge in [-0.25, -0.2) is 4.79 Å². The van der Waals surface area contributed by atoms with Crippen LogP contribution in [0.5, 0.6) is 0 Å². The van der Waals surface area contributed by atoms with E-state index in [1.165, 1.54) is 77.0 Å². The van der Waals surface area contributed by atoms with Gasteiger partial charge in [0.25, 0.3) is 0 Å². The molecular weight excluding hydrogens is 360 g/mol. The van der Waals surface area contributed by atoms with E-state index < -0.39 is 5.97 Å². The molecule has 1 aromatic carbocycles. The molecule has 0 saturated heterocycles. The van der Waals surface area contributed by atoms with Gasteiger partial charge in [0, 0.05) is 11.7 Å². The molecule has 0 saturated carbocycles. The van der Waals surface area contributed by atoms with Gasteiger partial charge in [0.15, 0.2) is 6.61 Å². The molecule has 162 valence electrons. The molecule has 0 bridgehead atoms. The van der Waals surface area contributed by atoms with Crippen LogP contribution >= 0.6 is 0 Å². The van der Waals surface area contributed by atoms with E-state index in [0.717, 1.165) is 12.1 Å². The average molecular weight is 401 g/mol. The summed E-state index contributed by atoms with van der Waals surface area (Å²) in [6.07, 6.45) is 17.7. The van der Waals surface area contributed by atoms with Gasteiger partial charge < -0.3 is 10.1 Å². The molecule has 0 spiro atoms. The Bertz CT molecular complexity index is 577. The van der Waals surface area contributed by atoms with Crippen molar-refractivity contribution in [2.75, 3.05) is 11.9 Å². The third kappa shape index (κ3) is 12.9. The van der Waals surface area contributed by atoms with Crippen molar-refractivity contribution in [3.8, 4) is 6.07 Å². The van der Waals surface area contributed by atoms with Gasteiger partial charge in [0.1, 0.15) is 6.07 Å². The van der Waals surface area contributed by atoms with Gasteiger partial charge in [-0.2, -0.15) is 5.26 Å². The second-order valence-electron chi connectivity index (χ2n) is 8.03. The Labute approximate surface area is 178 Å². The largest absolute Gasteiger partial charge is 0.447 e. The highest BCUT2D eigenvalue weighted by atomic mass is 16.5. The summed E-state index contributed by atoms with van der Waals surface area (Å²) in [6.45, 7) is 4.26. The molecule has 1 rings (SSSR count). The van der Waals surface area contributed by atoms with Gasteiger partial charge in [-0.05, 0) is 37.6 Å². The quantitative estimate of drug-likeness (QED) is 0.221. The smallest absolute Gasteiger partial charge is 0.339 e. The lowest BCUT2D eigenvalue weighted by molar-refractivity contribution is 0.0555. The van der Waals surface area contributed by atoms with Crippen LogP contribution in [0.1, 0.15) is 108 Å². The molecule has 29 heavy (non-hydrogen) atoms. The summed E-state index contributed by atoms with van der Waals surface area (Å²) in [6, 6.07) is 9.46. The number of rotatable bonds is 17. The van der Waals surface area contributed by atoms with Crippen LogP contribution in [0.15, 0.2) is 24.3 Å². The standard InChI is InChI=1S/C25H40N2O2/c1-3-4-5-6-7-8-9-10-11-12-13-14-15-22(2)27-24-18-16-23(17-19-24)25(28)29-21-20-26/h16-19,22,27H,3-15,21H2,1-2H3. The highest BCUT2D eigenvalue weighted by Crippen LogP contribution is 2.16. The average Bonchev–Trinajstić information content (AvgIpc) is 2.73. The summed E-state index contributed by atoms with van der Waals surface area (Å²) in [4.78, 5) is 11.7. The normalized spacial score (nSPS) is 11.6. The number of benzene rings is 1. The number of nitrogens with one attached hydrogen (secondary N) is 1. The Kier molecular flexibility index (Phi) is 14.6. The summed E-state index contributed by atoms with van der Waals surface area (Å²) in [7, 11) is 0. The van der Waals surface area contributed by atoms with Crippen LogP contribution in [0.4, 0.5) is 5.69 Å². The monoisotopic (exact) mass is 400 g/mol. The zero-order chi connectivity index (χ0) is 21.2. The fourth-order valence-corrected chi connectivity index (χ4v) is 3.53. The van der Waals surface area contributed by atoms with E-state index in [1.54, 1.807) is 18.2 Å². The van der Waals surface area contributed by atoms with E-state index in [2.05, 4.69) is 19.2 Å². The van der Waals surface area contributed by atoms with E-state index >= 15 is 0 Å². The zero-order valence-electron chi connectivity index (χ0n) is 18.5. The molecule has 0 aliphatic heterocycles. The summed E-state index contributed by atoms with van der Waals surface area (Å²) >= 11 is 0. The molecule has 0 amide bonds. The number of unbranched alkanes of at least 4 members (excludes halogenated alkanes) is 11. The van der Waals surface area contributed by atoms with Crippen LogP contribution in [-0.2, 0) is 4.74 Å². The summed E-state index contributed by atoms with van der Waals surface area (Å²) < 4.78 is 4.80. The molecule has 1 atom stereocenters. The molecule has 0 aliphatic rings. The van der Waals surface area contributed by atoms with E-state index in [9.17, 15) is 4.79 Å². The third-order valence-corrected chi connectivity index (χ3v) is 5.29. The van der Waals surface area contributed by atoms with Crippen molar-refractivity contribution in [2.45, 2.75) is 103 Å². The number of ether oxygens (including phenoxy) is 1. The first kappa shape index (κ1) is 25.0. The van der Waals surface area contributed by atoms with Crippen molar-refractivity contribution < 1.29 is 9.53 Å². The Hall–Kier alpha value is -2.02. The maximum Gasteiger partial charge on any atom is 0.339 e. The minimum absolute atomic E-state index is 0.213. The lowest BCUT2D eigenvalue weighted by atomic mass is 10.0. The van der Waals surface area contributed by atoms with E-state index in [-0.39, 0.29) is 6.61 Å². The molecule has 4 heteroatoms. The van der Waals surface area contributed by atoms with Gasteiger partial charge in [-0.1, -0.05) is 84.0 Å². The van der Waals surface area contributed by atoms with Gasteiger partial charge in [-0.3, -0.25) is 0 Å². The second-order valence-corrected chi connectivity index (χ2v) is 8.03. The Morgan fingerprint density at radius 3 is 1.97 bits per heavy atom. The predicted molar refractivity (Wildman–Crippen MR) is 121 cm³/mol. The Morgan fingerprint density at radius 1 is 0.931 bits per heavy atom. The maximum atomic E-state index is 11.7. The minimum Gasteiger partial charge on any atom is -0.447 e. The molecule has 0 radical (unpaired) electrons. The van der Waals surface area contributed by atoms with Crippen LogP contribution < -0.4 is 5.32 Å².